The van der Waals surface area contributed by atoms with E-state index in [1.54, 1.807) is 32.9 Å². The summed E-state index contributed by atoms with van der Waals surface area (Å²) in [6, 6.07) is 4.75. The van der Waals surface area contributed by atoms with Crippen LogP contribution in [0, 0.1) is 10.1 Å². The lowest BCUT2D eigenvalue weighted by Gasteiger charge is -2.23. The number of fused-ring (bicyclic) bond motifs is 1. The lowest BCUT2D eigenvalue weighted by atomic mass is 10.1. The number of amides is 2. The van der Waals surface area contributed by atoms with Crippen LogP contribution < -0.4 is 5.32 Å². The maximum absolute atomic E-state index is 12.6. The van der Waals surface area contributed by atoms with E-state index in [2.05, 4.69) is 15.3 Å². The fraction of sp³-hybridized carbons (Fsp3) is 0.294. The van der Waals surface area contributed by atoms with Gasteiger partial charge in [-0.15, -0.1) is 0 Å². The van der Waals surface area contributed by atoms with Gasteiger partial charge in [-0.05, 0) is 38.5 Å². The van der Waals surface area contributed by atoms with Gasteiger partial charge in [-0.1, -0.05) is 17.7 Å². The van der Waals surface area contributed by atoms with Gasteiger partial charge in [0.1, 0.15) is 11.9 Å². The second-order valence-electron chi connectivity index (χ2n) is 6.99. The largest absolute Gasteiger partial charge is 0.443 e. The first-order valence-corrected chi connectivity index (χ1v) is 8.54. The summed E-state index contributed by atoms with van der Waals surface area (Å²) in [5, 5.41) is 13.6. The summed E-state index contributed by atoms with van der Waals surface area (Å²) in [4.78, 5) is 43.8. The number of aromatic nitrogens is 2. The van der Waals surface area contributed by atoms with Gasteiger partial charge in [-0.2, -0.15) is 0 Å². The molecule has 0 bridgehead atoms. The standard InChI is InChI=1S/C17H16ClN5O5/c1-17(2,3)28-16(25)22-7-9-4-5-10(6-11(9)15(22)24)21-14-12(23(26)27)13(18)19-8-20-14/h4-6,8H,7H2,1-3H3,(H,19,20,21). The molecule has 0 saturated carbocycles. The van der Waals surface area contributed by atoms with Gasteiger partial charge in [-0.25, -0.2) is 19.7 Å². The van der Waals surface area contributed by atoms with Crippen molar-refractivity contribution in [2.45, 2.75) is 32.9 Å². The van der Waals surface area contributed by atoms with Gasteiger partial charge < -0.3 is 10.1 Å². The molecule has 1 aliphatic heterocycles. The Kier molecular flexibility index (Phi) is 4.90. The molecule has 10 nitrogen and oxygen atoms in total. The van der Waals surface area contributed by atoms with Crippen LogP contribution in [-0.4, -0.2) is 37.4 Å². The lowest BCUT2D eigenvalue weighted by molar-refractivity contribution is -0.384. The molecule has 0 unspecified atom stereocenters. The van der Waals surface area contributed by atoms with Crippen molar-refractivity contribution >= 4 is 40.8 Å². The third-order valence-corrected chi connectivity index (χ3v) is 4.03. The maximum atomic E-state index is 12.6. The van der Waals surface area contributed by atoms with Gasteiger partial charge in [0.15, 0.2) is 0 Å². The summed E-state index contributed by atoms with van der Waals surface area (Å²) < 4.78 is 5.25. The van der Waals surface area contributed by atoms with E-state index in [-0.39, 0.29) is 17.5 Å². The second-order valence-corrected chi connectivity index (χ2v) is 7.35. The number of halogens is 1. The predicted octanol–water partition coefficient (Wildman–Crippen LogP) is 3.67. The molecule has 0 atom stereocenters. The summed E-state index contributed by atoms with van der Waals surface area (Å²) in [5.41, 5.74) is 0.0852. The summed E-state index contributed by atoms with van der Waals surface area (Å²) in [6.07, 6.45) is 0.349. The van der Waals surface area contributed by atoms with Crippen molar-refractivity contribution in [2.24, 2.45) is 0 Å². The Morgan fingerprint density at radius 3 is 2.71 bits per heavy atom. The Bertz CT molecular complexity index is 988. The first-order chi connectivity index (χ1) is 13.1. The highest BCUT2D eigenvalue weighted by Crippen LogP contribution is 2.32. The zero-order chi connectivity index (χ0) is 20.6. The molecule has 0 spiro atoms. The topological polar surface area (TPSA) is 128 Å². The number of carbonyl (C=O) groups is 2. The Labute approximate surface area is 164 Å². The van der Waals surface area contributed by atoms with Crippen LogP contribution >= 0.6 is 11.6 Å². The Balaban J connectivity index is 1.86. The number of nitrogens with one attached hydrogen (secondary N) is 1. The van der Waals surface area contributed by atoms with Crippen molar-refractivity contribution < 1.29 is 19.2 Å². The van der Waals surface area contributed by atoms with Gasteiger partial charge in [0.05, 0.1) is 11.5 Å². The molecule has 0 radical (unpaired) electrons. The van der Waals surface area contributed by atoms with E-state index in [1.807, 2.05) is 0 Å². The Morgan fingerprint density at radius 2 is 2.07 bits per heavy atom. The summed E-state index contributed by atoms with van der Waals surface area (Å²) >= 11 is 5.77. The van der Waals surface area contributed by atoms with Crippen LogP contribution in [0.4, 0.5) is 22.0 Å². The van der Waals surface area contributed by atoms with Crippen LogP contribution in [-0.2, 0) is 11.3 Å². The average Bonchev–Trinajstić information content (AvgIpc) is 2.90. The Hall–Kier alpha value is -3.27. The van der Waals surface area contributed by atoms with Crippen LogP contribution in [0.3, 0.4) is 0 Å². The number of nitrogens with zero attached hydrogens (tertiary/aromatic N) is 4. The number of hydrogen-bond donors (Lipinski definition) is 1. The molecule has 1 aromatic carbocycles. The van der Waals surface area contributed by atoms with Gasteiger partial charge in [0.25, 0.3) is 5.91 Å². The molecule has 3 rings (SSSR count). The zero-order valence-corrected chi connectivity index (χ0v) is 16.0. The number of hydrogen-bond acceptors (Lipinski definition) is 8. The molecule has 2 amide bonds. The normalized spacial score (nSPS) is 13.3. The first kappa shape index (κ1) is 19.5. The van der Waals surface area contributed by atoms with Crippen LogP contribution in [0.15, 0.2) is 24.5 Å². The molecule has 1 aromatic heterocycles. The van der Waals surface area contributed by atoms with Crippen LogP contribution in [0.5, 0.6) is 0 Å². The average molecular weight is 406 g/mol. The van der Waals surface area contributed by atoms with Crippen molar-refractivity contribution in [3.8, 4) is 0 Å². The van der Waals surface area contributed by atoms with Gasteiger partial charge in [-0.3, -0.25) is 14.9 Å². The SMILES string of the molecule is CC(C)(C)OC(=O)N1Cc2ccc(Nc3ncnc(Cl)c3[N+](=O)[O-])cc2C1=O. The van der Waals surface area contributed by atoms with Crippen molar-refractivity contribution in [3.05, 3.63) is 50.9 Å². The van der Waals surface area contributed by atoms with Crippen molar-refractivity contribution in [2.75, 3.05) is 5.32 Å². The molecule has 2 heterocycles. The molecule has 0 aliphatic carbocycles. The molecule has 2 aromatic rings. The smallest absolute Gasteiger partial charge is 0.417 e. The van der Waals surface area contributed by atoms with E-state index in [4.69, 9.17) is 16.3 Å². The fourth-order valence-electron chi connectivity index (χ4n) is 2.59. The fourth-order valence-corrected chi connectivity index (χ4v) is 2.79. The quantitative estimate of drug-likeness (QED) is 0.465. The van der Waals surface area contributed by atoms with Gasteiger partial charge in [0.2, 0.25) is 11.0 Å². The van der Waals surface area contributed by atoms with Crippen LogP contribution in [0.2, 0.25) is 5.15 Å². The van der Waals surface area contributed by atoms with Crippen molar-refractivity contribution in [3.63, 3.8) is 0 Å². The van der Waals surface area contributed by atoms with E-state index in [0.717, 1.165) is 11.2 Å². The molecule has 0 saturated heterocycles. The number of nitro groups is 1. The van der Waals surface area contributed by atoms with Gasteiger partial charge in [0, 0.05) is 11.3 Å². The van der Waals surface area contributed by atoms with Gasteiger partial charge >= 0.3 is 11.8 Å². The maximum Gasteiger partial charge on any atom is 0.417 e. The van der Waals surface area contributed by atoms with E-state index < -0.39 is 28.2 Å². The van der Waals surface area contributed by atoms with Crippen molar-refractivity contribution in [1.29, 1.82) is 0 Å². The van der Waals surface area contributed by atoms with E-state index in [9.17, 15) is 19.7 Å². The summed E-state index contributed by atoms with van der Waals surface area (Å²) in [5.74, 6) is -0.623. The van der Waals surface area contributed by atoms with E-state index in [1.165, 1.54) is 6.07 Å². The minimum absolute atomic E-state index is 0.0862. The second kappa shape index (κ2) is 7.04. The molecule has 0 fully saturated rings. The third kappa shape index (κ3) is 3.86. The summed E-state index contributed by atoms with van der Waals surface area (Å²) in [6.45, 7) is 5.21. The lowest BCUT2D eigenvalue weighted by Crippen LogP contribution is -2.36. The third-order valence-electron chi connectivity index (χ3n) is 3.75. The molecule has 11 heteroatoms. The zero-order valence-electron chi connectivity index (χ0n) is 15.2. The number of ether oxygens (including phenoxy) is 1. The number of imide groups is 1. The predicted molar refractivity (Wildman–Crippen MR) is 99.5 cm³/mol. The summed E-state index contributed by atoms with van der Waals surface area (Å²) in [7, 11) is 0. The molecule has 1 aliphatic rings. The Morgan fingerprint density at radius 1 is 1.36 bits per heavy atom. The highest BCUT2D eigenvalue weighted by molar-refractivity contribution is 6.31. The van der Waals surface area contributed by atoms with E-state index in [0.29, 0.717) is 16.8 Å². The number of anilines is 2. The molecule has 146 valence electrons. The monoisotopic (exact) mass is 405 g/mol. The number of carbonyl (C=O) groups excluding carboxylic acids is 2. The molecule has 28 heavy (non-hydrogen) atoms. The minimum Gasteiger partial charge on any atom is -0.443 e. The molecule has 1 N–H and O–H groups in total. The van der Waals surface area contributed by atoms with Crippen LogP contribution in [0.25, 0.3) is 0 Å². The molecular formula is C17H16ClN5O5. The van der Waals surface area contributed by atoms with E-state index >= 15 is 0 Å². The van der Waals surface area contributed by atoms with Crippen LogP contribution in [0.1, 0.15) is 36.7 Å². The highest BCUT2D eigenvalue weighted by Gasteiger charge is 2.35. The number of rotatable bonds is 3. The first-order valence-electron chi connectivity index (χ1n) is 8.16. The highest BCUT2D eigenvalue weighted by atomic mass is 35.5. The molecular weight excluding hydrogens is 390 g/mol. The number of benzene rings is 1. The minimum atomic E-state index is -0.735. The van der Waals surface area contributed by atoms with Crippen molar-refractivity contribution in [1.82, 2.24) is 14.9 Å².